The first kappa shape index (κ1) is 39.5. The van der Waals surface area contributed by atoms with Crippen molar-refractivity contribution in [1.82, 2.24) is 0 Å². The molecule has 1 aliphatic heterocycles. The molecule has 0 saturated carbocycles. The van der Waals surface area contributed by atoms with E-state index >= 15 is 0 Å². The van der Waals surface area contributed by atoms with Crippen LogP contribution in [0.5, 0.6) is 5.75 Å². The SMILES string of the molecule is CCOc1ccc(Cc2cc([C@]3(OC)OC(CO)(CO)[C@@H](OCc4ccccc4)[C@H](OCc4ccccc4)[C@H]3OCc3ccccc3)ccc2Cl)cc1F. The van der Waals surface area contributed by atoms with Crippen LogP contribution in [0.4, 0.5) is 4.39 Å². The molecule has 10 heteroatoms. The number of ether oxygens (including phenoxy) is 6. The molecule has 8 nitrogen and oxygen atoms in total. The summed E-state index contributed by atoms with van der Waals surface area (Å²) in [5, 5.41) is 22.8. The molecule has 6 rings (SSSR count). The molecule has 284 valence electrons. The normalized spacial score (nSPS) is 20.8. The van der Waals surface area contributed by atoms with Crippen molar-refractivity contribution in [2.75, 3.05) is 26.9 Å². The van der Waals surface area contributed by atoms with Gasteiger partial charge in [0.2, 0.25) is 5.79 Å². The van der Waals surface area contributed by atoms with Crippen molar-refractivity contribution in [1.29, 1.82) is 0 Å². The molecule has 5 aromatic carbocycles. The van der Waals surface area contributed by atoms with Crippen LogP contribution in [0, 0.1) is 5.82 Å². The van der Waals surface area contributed by atoms with Crippen molar-refractivity contribution >= 4 is 11.6 Å². The molecule has 5 aromatic rings. The van der Waals surface area contributed by atoms with Gasteiger partial charge in [0.1, 0.15) is 23.9 Å². The van der Waals surface area contributed by atoms with Gasteiger partial charge in [-0.3, -0.25) is 0 Å². The van der Waals surface area contributed by atoms with Crippen LogP contribution in [-0.4, -0.2) is 61.1 Å². The number of aliphatic hydroxyl groups excluding tert-OH is 2. The lowest BCUT2D eigenvalue weighted by atomic mass is 9.80. The largest absolute Gasteiger partial charge is 0.491 e. The Kier molecular flexibility index (Phi) is 13.5. The first-order chi connectivity index (χ1) is 26.3. The minimum atomic E-state index is -1.78. The summed E-state index contributed by atoms with van der Waals surface area (Å²) < 4.78 is 53.9. The van der Waals surface area contributed by atoms with Crippen LogP contribution in [0.1, 0.15) is 40.3 Å². The van der Waals surface area contributed by atoms with E-state index in [0.29, 0.717) is 28.3 Å². The number of benzene rings is 5. The topological polar surface area (TPSA) is 95.8 Å². The summed E-state index contributed by atoms with van der Waals surface area (Å²) in [7, 11) is 1.48. The first-order valence-corrected chi connectivity index (χ1v) is 18.4. The third kappa shape index (κ3) is 8.86. The van der Waals surface area contributed by atoms with Crippen LogP contribution in [-0.2, 0) is 55.7 Å². The molecule has 4 atom stereocenters. The highest BCUT2D eigenvalue weighted by molar-refractivity contribution is 6.31. The highest BCUT2D eigenvalue weighted by atomic mass is 35.5. The Bertz CT molecular complexity index is 1910. The molecule has 0 aliphatic carbocycles. The number of hydrogen-bond acceptors (Lipinski definition) is 8. The second-order valence-corrected chi connectivity index (χ2v) is 13.6. The van der Waals surface area contributed by atoms with E-state index in [1.165, 1.54) is 13.2 Å². The standard InChI is InChI=1S/C44H46ClFO8/c1-3-50-39-22-19-34(24-38(39)46)23-35-25-36(20-21-37(35)45)44(49-2)42(53-28-33-17-11-6-12-18-33)40(51-26-31-13-7-4-8-14-31)41(43(29-47,30-48)54-44)52-27-32-15-9-5-10-16-32/h4-22,24-25,40-42,47-48H,3,23,26-30H2,1-2H3/t40-,41-,42+,44-/m0/s1. The van der Waals surface area contributed by atoms with E-state index in [-0.39, 0.29) is 32.0 Å². The summed E-state index contributed by atoms with van der Waals surface area (Å²) in [6.45, 7) is 1.29. The Balaban J connectivity index is 1.46. The second-order valence-electron chi connectivity index (χ2n) is 13.2. The molecule has 0 bridgehead atoms. The molecule has 0 aromatic heterocycles. The lowest BCUT2D eigenvalue weighted by molar-refractivity contribution is -0.417. The molecule has 1 aliphatic rings. The van der Waals surface area contributed by atoms with Gasteiger partial charge in [-0.25, -0.2) is 4.39 Å². The predicted octanol–water partition coefficient (Wildman–Crippen LogP) is 7.78. The molecular formula is C44H46ClFO8. The molecular weight excluding hydrogens is 711 g/mol. The molecule has 54 heavy (non-hydrogen) atoms. The van der Waals surface area contributed by atoms with Crippen molar-refractivity contribution in [3.63, 3.8) is 0 Å². The maximum absolute atomic E-state index is 14.9. The van der Waals surface area contributed by atoms with Gasteiger partial charge in [-0.15, -0.1) is 0 Å². The van der Waals surface area contributed by atoms with Gasteiger partial charge >= 0.3 is 0 Å². The maximum Gasteiger partial charge on any atom is 0.225 e. The van der Waals surface area contributed by atoms with Gasteiger partial charge < -0.3 is 38.6 Å². The Morgan fingerprint density at radius 3 is 1.76 bits per heavy atom. The molecule has 2 N–H and O–H groups in total. The molecule has 1 fully saturated rings. The highest BCUT2D eigenvalue weighted by Gasteiger charge is 2.64. The average molecular weight is 757 g/mol. The Morgan fingerprint density at radius 1 is 0.685 bits per heavy atom. The fraction of sp³-hybridized carbons (Fsp3) is 0.318. The maximum atomic E-state index is 14.9. The van der Waals surface area contributed by atoms with E-state index in [1.54, 1.807) is 31.2 Å². The summed E-state index contributed by atoms with van der Waals surface area (Å²) in [6.07, 6.45) is -2.77. The zero-order chi connectivity index (χ0) is 38.0. The molecule has 0 unspecified atom stereocenters. The predicted molar refractivity (Wildman–Crippen MR) is 204 cm³/mol. The van der Waals surface area contributed by atoms with E-state index in [2.05, 4.69) is 0 Å². The van der Waals surface area contributed by atoms with Gasteiger partial charge in [0.25, 0.3) is 0 Å². The lowest BCUT2D eigenvalue weighted by Gasteiger charge is -2.56. The summed E-state index contributed by atoms with van der Waals surface area (Å²) in [6, 6.07) is 39.0. The Labute approximate surface area is 321 Å². The molecule has 1 heterocycles. The van der Waals surface area contributed by atoms with E-state index in [0.717, 1.165) is 16.7 Å². The molecule has 1 saturated heterocycles. The van der Waals surface area contributed by atoms with Crippen LogP contribution in [0.2, 0.25) is 5.02 Å². The summed E-state index contributed by atoms with van der Waals surface area (Å²) >= 11 is 6.80. The van der Waals surface area contributed by atoms with Crippen LogP contribution in [0.25, 0.3) is 0 Å². The van der Waals surface area contributed by atoms with Gasteiger partial charge in [0.15, 0.2) is 11.6 Å². The zero-order valence-electron chi connectivity index (χ0n) is 30.4. The summed E-state index contributed by atoms with van der Waals surface area (Å²) in [4.78, 5) is 0. The smallest absolute Gasteiger partial charge is 0.225 e. The molecule has 0 spiro atoms. The van der Waals surface area contributed by atoms with E-state index in [1.807, 2.05) is 97.1 Å². The minimum Gasteiger partial charge on any atom is -0.491 e. The first-order valence-electron chi connectivity index (χ1n) is 18.0. The number of aliphatic hydroxyl groups is 2. The van der Waals surface area contributed by atoms with Crippen LogP contribution in [0.15, 0.2) is 127 Å². The van der Waals surface area contributed by atoms with Crippen LogP contribution in [0.3, 0.4) is 0 Å². The molecule has 0 amide bonds. The number of methoxy groups -OCH3 is 1. The third-order valence-electron chi connectivity index (χ3n) is 9.65. The fourth-order valence-corrected chi connectivity index (χ4v) is 7.06. The quantitative estimate of drug-likeness (QED) is 0.0994. The highest BCUT2D eigenvalue weighted by Crippen LogP contribution is 2.48. The van der Waals surface area contributed by atoms with Crippen molar-refractivity contribution in [3.05, 3.63) is 172 Å². The third-order valence-corrected chi connectivity index (χ3v) is 10.0. The lowest BCUT2D eigenvalue weighted by Crippen LogP contribution is -2.72. The Morgan fingerprint density at radius 2 is 1.24 bits per heavy atom. The average Bonchev–Trinajstić information content (AvgIpc) is 3.21. The summed E-state index contributed by atoms with van der Waals surface area (Å²) in [5.41, 5.74) is 2.73. The second kappa shape index (κ2) is 18.4. The fourth-order valence-electron chi connectivity index (χ4n) is 6.87. The van der Waals surface area contributed by atoms with Crippen molar-refractivity contribution in [2.24, 2.45) is 0 Å². The van der Waals surface area contributed by atoms with E-state index in [9.17, 15) is 14.6 Å². The van der Waals surface area contributed by atoms with Gasteiger partial charge in [0, 0.05) is 17.7 Å². The minimum absolute atomic E-state index is 0.136. The Hall–Kier alpha value is -4.16. The molecule has 0 radical (unpaired) electrons. The van der Waals surface area contributed by atoms with Gasteiger partial charge in [-0.05, 0) is 65.4 Å². The monoisotopic (exact) mass is 756 g/mol. The van der Waals surface area contributed by atoms with Gasteiger partial charge in [-0.2, -0.15) is 0 Å². The van der Waals surface area contributed by atoms with Gasteiger partial charge in [0.05, 0.1) is 39.6 Å². The number of hydrogen-bond donors (Lipinski definition) is 2. The van der Waals surface area contributed by atoms with Crippen molar-refractivity contribution in [3.8, 4) is 5.75 Å². The summed E-state index contributed by atoms with van der Waals surface area (Å²) in [5.74, 6) is -2.09. The van der Waals surface area contributed by atoms with Crippen molar-refractivity contribution < 1.29 is 43.0 Å². The van der Waals surface area contributed by atoms with Gasteiger partial charge in [-0.1, -0.05) is 115 Å². The number of rotatable bonds is 17. The van der Waals surface area contributed by atoms with Crippen LogP contribution < -0.4 is 4.74 Å². The van der Waals surface area contributed by atoms with E-state index in [4.69, 9.17) is 40.0 Å². The van der Waals surface area contributed by atoms with Crippen LogP contribution >= 0.6 is 11.6 Å². The zero-order valence-corrected chi connectivity index (χ0v) is 31.2. The van der Waals surface area contributed by atoms with E-state index < -0.39 is 48.7 Å². The number of halogens is 2. The van der Waals surface area contributed by atoms with Crippen molar-refractivity contribution in [2.45, 2.75) is 62.9 Å².